The highest BCUT2D eigenvalue weighted by Crippen LogP contribution is 2.23. The number of unbranched alkanes of at least 4 members (excludes halogenated alkanes) is 3. The number of nitrogen functional groups attached to an aromatic ring is 1. The van der Waals surface area contributed by atoms with E-state index >= 15 is 0 Å². The van der Waals surface area contributed by atoms with Crippen molar-refractivity contribution in [2.24, 2.45) is 0 Å². The first-order valence-corrected chi connectivity index (χ1v) is 8.42. The molecule has 3 nitrogen and oxygen atoms in total. The zero-order valence-electron chi connectivity index (χ0n) is 14.0. The molecular formula is C18H32N2O. The summed E-state index contributed by atoms with van der Waals surface area (Å²) in [7, 11) is 0. The van der Waals surface area contributed by atoms with Crippen LogP contribution in [0.3, 0.4) is 0 Å². The SMILES string of the molecule is CCCCCCNC(C)Cc1ccc(OCCC)c(N)c1. The van der Waals surface area contributed by atoms with Crippen LogP contribution in [0.2, 0.25) is 0 Å². The molecule has 3 N–H and O–H groups in total. The molecule has 0 aliphatic carbocycles. The van der Waals surface area contributed by atoms with E-state index in [4.69, 9.17) is 10.5 Å². The van der Waals surface area contributed by atoms with Crippen LogP contribution in [0, 0.1) is 0 Å². The van der Waals surface area contributed by atoms with Gasteiger partial charge in [0.15, 0.2) is 0 Å². The summed E-state index contributed by atoms with van der Waals surface area (Å²) >= 11 is 0. The Bertz CT molecular complexity index is 393. The Balaban J connectivity index is 2.35. The first kappa shape index (κ1) is 17.8. The van der Waals surface area contributed by atoms with Gasteiger partial charge >= 0.3 is 0 Å². The van der Waals surface area contributed by atoms with E-state index < -0.39 is 0 Å². The van der Waals surface area contributed by atoms with E-state index in [0.717, 1.165) is 37.4 Å². The van der Waals surface area contributed by atoms with Gasteiger partial charge < -0.3 is 15.8 Å². The Morgan fingerprint density at radius 3 is 2.62 bits per heavy atom. The molecule has 0 aromatic heterocycles. The smallest absolute Gasteiger partial charge is 0.142 e. The number of nitrogens with one attached hydrogen (secondary N) is 1. The lowest BCUT2D eigenvalue weighted by molar-refractivity contribution is 0.319. The topological polar surface area (TPSA) is 47.3 Å². The number of ether oxygens (including phenoxy) is 1. The molecule has 21 heavy (non-hydrogen) atoms. The summed E-state index contributed by atoms with van der Waals surface area (Å²) in [5.41, 5.74) is 8.06. The van der Waals surface area contributed by atoms with Crippen molar-refractivity contribution in [1.29, 1.82) is 0 Å². The summed E-state index contributed by atoms with van der Waals surface area (Å²) in [4.78, 5) is 0. The van der Waals surface area contributed by atoms with Crippen molar-refractivity contribution in [3.63, 3.8) is 0 Å². The van der Waals surface area contributed by atoms with Crippen molar-refractivity contribution in [3.05, 3.63) is 23.8 Å². The largest absolute Gasteiger partial charge is 0.491 e. The quantitative estimate of drug-likeness (QED) is 0.475. The molecule has 1 aromatic carbocycles. The Kier molecular flexibility index (Phi) is 8.91. The van der Waals surface area contributed by atoms with Gasteiger partial charge in [-0.2, -0.15) is 0 Å². The van der Waals surface area contributed by atoms with Gasteiger partial charge in [0.05, 0.1) is 12.3 Å². The highest BCUT2D eigenvalue weighted by molar-refractivity contribution is 5.54. The molecule has 1 unspecified atom stereocenters. The normalized spacial score (nSPS) is 12.3. The van der Waals surface area contributed by atoms with Crippen molar-refractivity contribution in [2.75, 3.05) is 18.9 Å². The zero-order valence-corrected chi connectivity index (χ0v) is 14.0. The summed E-state index contributed by atoms with van der Waals surface area (Å²) in [6.45, 7) is 8.40. The molecule has 0 radical (unpaired) electrons. The van der Waals surface area contributed by atoms with Crippen LogP contribution in [0.1, 0.15) is 58.4 Å². The average molecular weight is 292 g/mol. The summed E-state index contributed by atoms with van der Waals surface area (Å²) in [5.74, 6) is 0.806. The Labute approximate surface area is 130 Å². The summed E-state index contributed by atoms with van der Waals surface area (Å²) < 4.78 is 5.61. The van der Waals surface area contributed by atoms with Gasteiger partial charge in [0.25, 0.3) is 0 Å². The lowest BCUT2D eigenvalue weighted by Gasteiger charge is -2.15. The summed E-state index contributed by atoms with van der Waals surface area (Å²) in [5, 5.41) is 3.59. The molecule has 0 heterocycles. The summed E-state index contributed by atoms with van der Waals surface area (Å²) in [6, 6.07) is 6.64. The van der Waals surface area contributed by atoms with Crippen LogP contribution in [0.25, 0.3) is 0 Å². The van der Waals surface area contributed by atoms with Crippen LogP contribution in [0.15, 0.2) is 18.2 Å². The first-order valence-electron chi connectivity index (χ1n) is 8.42. The number of hydrogen-bond donors (Lipinski definition) is 2. The minimum absolute atomic E-state index is 0.480. The van der Waals surface area contributed by atoms with Gasteiger partial charge in [0.2, 0.25) is 0 Å². The van der Waals surface area contributed by atoms with Crippen LogP contribution >= 0.6 is 0 Å². The molecule has 120 valence electrons. The zero-order chi connectivity index (χ0) is 15.5. The third-order valence-electron chi connectivity index (χ3n) is 3.60. The minimum Gasteiger partial charge on any atom is -0.491 e. The number of anilines is 1. The lowest BCUT2D eigenvalue weighted by Crippen LogP contribution is -2.29. The maximum absolute atomic E-state index is 6.05. The van der Waals surface area contributed by atoms with Crippen molar-refractivity contribution in [3.8, 4) is 5.75 Å². The second-order valence-corrected chi connectivity index (χ2v) is 5.84. The predicted molar refractivity (Wildman–Crippen MR) is 92.0 cm³/mol. The van der Waals surface area contributed by atoms with Gasteiger partial charge in [-0.3, -0.25) is 0 Å². The van der Waals surface area contributed by atoms with Gasteiger partial charge in [0, 0.05) is 6.04 Å². The van der Waals surface area contributed by atoms with Gasteiger partial charge in [-0.15, -0.1) is 0 Å². The second kappa shape index (κ2) is 10.5. The van der Waals surface area contributed by atoms with Crippen molar-refractivity contribution in [1.82, 2.24) is 5.32 Å². The minimum atomic E-state index is 0.480. The van der Waals surface area contributed by atoms with Gasteiger partial charge in [-0.05, 0) is 50.4 Å². The van der Waals surface area contributed by atoms with E-state index in [-0.39, 0.29) is 0 Å². The fraction of sp³-hybridized carbons (Fsp3) is 0.667. The Morgan fingerprint density at radius 2 is 1.95 bits per heavy atom. The number of rotatable bonds is 11. The molecule has 0 aliphatic rings. The molecule has 0 saturated heterocycles. The van der Waals surface area contributed by atoms with Crippen molar-refractivity contribution in [2.45, 2.75) is 65.3 Å². The van der Waals surface area contributed by atoms with Crippen LogP contribution in [-0.2, 0) is 6.42 Å². The highest BCUT2D eigenvalue weighted by Gasteiger charge is 2.06. The standard InChI is InChI=1S/C18H32N2O/c1-4-6-7-8-11-20-15(3)13-16-9-10-18(17(19)14-16)21-12-5-2/h9-10,14-15,20H,4-8,11-13,19H2,1-3H3. The highest BCUT2D eigenvalue weighted by atomic mass is 16.5. The molecule has 3 heteroatoms. The molecule has 1 atom stereocenters. The molecule has 1 aromatic rings. The van der Waals surface area contributed by atoms with Crippen LogP contribution in [-0.4, -0.2) is 19.2 Å². The van der Waals surface area contributed by atoms with Crippen LogP contribution < -0.4 is 15.8 Å². The van der Waals surface area contributed by atoms with E-state index in [1.54, 1.807) is 0 Å². The van der Waals surface area contributed by atoms with E-state index in [9.17, 15) is 0 Å². The molecule has 0 amide bonds. The van der Waals surface area contributed by atoms with Crippen LogP contribution in [0.4, 0.5) is 5.69 Å². The predicted octanol–water partition coefficient (Wildman–Crippen LogP) is 4.16. The third-order valence-corrected chi connectivity index (χ3v) is 3.60. The number of hydrogen-bond acceptors (Lipinski definition) is 3. The van der Waals surface area contributed by atoms with E-state index in [2.05, 4.69) is 32.2 Å². The fourth-order valence-electron chi connectivity index (χ4n) is 2.39. The second-order valence-electron chi connectivity index (χ2n) is 5.84. The van der Waals surface area contributed by atoms with Crippen molar-refractivity contribution >= 4 is 5.69 Å². The van der Waals surface area contributed by atoms with Gasteiger partial charge in [0.1, 0.15) is 5.75 Å². The molecule has 0 fully saturated rings. The molecule has 1 rings (SSSR count). The van der Waals surface area contributed by atoms with Crippen LogP contribution in [0.5, 0.6) is 5.75 Å². The first-order chi connectivity index (χ1) is 10.2. The molecule has 0 bridgehead atoms. The molecule has 0 saturated carbocycles. The fourth-order valence-corrected chi connectivity index (χ4v) is 2.39. The maximum Gasteiger partial charge on any atom is 0.142 e. The monoisotopic (exact) mass is 292 g/mol. The number of benzene rings is 1. The van der Waals surface area contributed by atoms with E-state index in [1.807, 2.05) is 12.1 Å². The van der Waals surface area contributed by atoms with Gasteiger partial charge in [-0.1, -0.05) is 39.2 Å². The van der Waals surface area contributed by atoms with Gasteiger partial charge in [-0.25, -0.2) is 0 Å². The number of nitrogens with two attached hydrogens (primary N) is 1. The Hall–Kier alpha value is -1.22. The van der Waals surface area contributed by atoms with E-state index in [0.29, 0.717) is 6.04 Å². The third kappa shape index (κ3) is 7.37. The van der Waals surface area contributed by atoms with Crippen molar-refractivity contribution < 1.29 is 4.74 Å². The summed E-state index contributed by atoms with van der Waals surface area (Å²) in [6.07, 6.45) is 7.23. The lowest BCUT2D eigenvalue weighted by atomic mass is 10.1. The van der Waals surface area contributed by atoms with E-state index in [1.165, 1.54) is 31.2 Å². The average Bonchev–Trinajstić information content (AvgIpc) is 2.46. The maximum atomic E-state index is 6.05. The molecular weight excluding hydrogens is 260 g/mol. The molecule has 0 spiro atoms. The Morgan fingerprint density at radius 1 is 1.14 bits per heavy atom. The molecule has 0 aliphatic heterocycles.